The number of carbonyl (C=O) groups excluding carboxylic acids is 2. The fourth-order valence-electron chi connectivity index (χ4n) is 3.11. The molecular formula is C19H29F3N4O3+2. The summed E-state index contributed by atoms with van der Waals surface area (Å²) in [5.41, 5.74) is 0.413. The number of amides is 2. The average molecular weight is 418 g/mol. The quantitative estimate of drug-likeness (QED) is 0.542. The number of ether oxygens (including phenoxy) is 1. The van der Waals surface area contributed by atoms with Gasteiger partial charge in [0, 0.05) is 18.8 Å². The van der Waals surface area contributed by atoms with Gasteiger partial charge in [0.1, 0.15) is 31.9 Å². The van der Waals surface area contributed by atoms with Crippen LogP contribution in [0.2, 0.25) is 0 Å². The summed E-state index contributed by atoms with van der Waals surface area (Å²) < 4.78 is 40.3. The number of nitrogens with zero attached hydrogens (tertiary/aromatic N) is 1. The number of carbonyl (C=O) groups is 2. The number of hydrogen-bond donors (Lipinski definition) is 3. The van der Waals surface area contributed by atoms with Crippen molar-refractivity contribution in [2.45, 2.75) is 26.3 Å². The Bertz CT molecular complexity index is 687. The standard InChI is InChI=1S/C19H27F3N4O3/c1-14(2)24(3)18(28)13-26-10-8-25(9-11-26)12-17(27)23-15-4-6-16(7-5-15)29-19(20,21)22/h4-7,14H,8-13H2,1-3H3,(H,23,27)/p+2. The van der Waals surface area contributed by atoms with Gasteiger partial charge >= 0.3 is 6.36 Å². The van der Waals surface area contributed by atoms with Crippen LogP contribution in [0.5, 0.6) is 5.75 Å². The normalized spacial score (nSPS) is 19.7. The van der Waals surface area contributed by atoms with Crippen molar-refractivity contribution in [3.8, 4) is 5.75 Å². The first-order valence-electron chi connectivity index (χ1n) is 9.62. The van der Waals surface area contributed by atoms with E-state index in [1.54, 1.807) is 11.9 Å². The van der Waals surface area contributed by atoms with Gasteiger partial charge in [0.25, 0.3) is 11.8 Å². The first-order chi connectivity index (χ1) is 13.5. The molecule has 1 saturated heterocycles. The van der Waals surface area contributed by atoms with Crippen LogP contribution in [-0.4, -0.2) is 75.4 Å². The number of nitrogens with one attached hydrogen (secondary N) is 3. The SMILES string of the molecule is CC(C)N(C)C(=O)C[NH+]1CC[NH+](CC(=O)Nc2ccc(OC(F)(F)F)cc2)CC1. The molecule has 7 nitrogen and oxygen atoms in total. The maximum absolute atomic E-state index is 12.2. The van der Waals surface area contributed by atoms with E-state index in [0.717, 1.165) is 43.2 Å². The Kier molecular flexibility index (Phi) is 7.86. The highest BCUT2D eigenvalue weighted by Gasteiger charge is 2.31. The van der Waals surface area contributed by atoms with E-state index in [1.807, 2.05) is 13.8 Å². The van der Waals surface area contributed by atoms with Crippen LogP contribution in [0.4, 0.5) is 18.9 Å². The number of rotatable bonds is 7. The van der Waals surface area contributed by atoms with Crippen molar-refractivity contribution in [3.05, 3.63) is 24.3 Å². The van der Waals surface area contributed by atoms with Gasteiger partial charge in [0.15, 0.2) is 13.1 Å². The van der Waals surface area contributed by atoms with E-state index in [0.29, 0.717) is 12.2 Å². The Morgan fingerprint density at radius 1 is 1.07 bits per heavy atom. The molecule has 2 rings (SSSR count). The molecule has 1 fully saturated rings. The third-order valence-corrected chi connectivity index (χ3v) is 5.02. The molecule has 29 heavy (non-hydrogen) atoms. The predicted octanol–water partition coefficient (Wildman–Crippen LogP) is -0.826. The predicted molar refractivity (Wildman–Crippen MR) is 101 cm³/mol. The van der Waals surface area contributed by atoms with Crippen molar-refractivity contribution in [3.63, 3.8) is 0 Å². The molecule has 0 spiro atoms. The molecule has 0 aromatic heterocycles. The zero-order valence-electron chi connectivity index (χ0n) is 16.9. The molecule has 0 unspecified atom stereocenters. The third kappa shape index (κ3) is 7.90. The fraction of sp³-hybridized carbons (Fsp3) is 0.579. The van der Waals surface area contributed by atoms with Gasteiger partial charge in [-0.2, -0.15) is 0 Å². The largest absolute Gasteiger partial charge is 0.573 e. The lowest BCUT2D eigenvalue weighted by Gasteiger charge is -2.30. The van der Waals surface area contributed by atoms with E-state index in [2.05, 4.69) is 10.1 Å². The first-order valence-corrected chi connectivity index (χ1v) is 9.62. The Balaban J connectivity index is 1.73. The number of quaternary nitrogens is 2. The van der Waals surface area contributed by atoms with Gasteiger partial charge < -0.3 is 24.8 Å². The van der Waals surface area contributed by atoms with Crippen LogP contribution in [0.1, 0.15) is 13.8 Å². The monoisotopic (exact) mass is 418 g/mol. The summed E-state index contributed by atoms with van der Waals surface area (Å²) in [6.45, 7) is 7.86. The lowest BCUT2D eigenvalue weighted by atomic mass is 10.2. The maximum atomic E-state index is 12.2. The molecule has 2 amide bonds. The average Bonchev–Trinajstić information content (AvgIpc) is 2.63. The number of alkyl halides is 3. The van der Waals surface area contributed by atoms with Gasteiger partial charge in [-0.25, -0.2) is 0 Å². The molecule has 1 aliphatic rings. The summed E-state index contributed by atoms with van der Waals surface area (Å²) in [4.78, 5) is 28.5. The van der Waals surface area contributed by atoms with Crippen LogP contribution in [0.3, 0.4) is 0 Å². The Morgan fingerprint density at radius 3 is 2.07 bits per heavy atom. The number of hydrogen-bond acceptors (Lipinski definition) is 3. The first kappa shape index (κ1) is 23.0. The molecule has 0 radical (unpaired) electrons. The molecule has 1 aliphatic heterocycles. The lowest BCUT2D eigenvalue weighted by molar-refractivity contribution is -1.00. The molecule has 1 aromatic carbocycles. The Labute approximate surface area is 168 Å². The summed E-state index contributed by atoms with van der Waals surface area (Å²) in [6, 6.07) is 5.22. The second-order valence-corrected chi connectivity index (χ2v) is 7.57. The van der Waals surface area contributed by atoms with Gasteiger partial charge in [-0.05, 0) is 38.1 Å². The molecule has 0 aliphatic carbocycles. The highest BCUT2D eigenvalue weighted by molar-refractivity contribution is 5.91. The number of benzene rings is 1. The topological polar surface area (TPSA) is 67.5 Å². The highest BCUT2D eigenvalue weighted by Crippen LogP contribution is 2.23. The second kappa shape index (κ2) is 9.93. The molecule has 3 N–H and O–H groups in total. The number of halogens is 3. The smallest absolute Gasteiger partial charge is 0.406 e. The minimum absolute atomic E-state index is 0.120. The van der Waals surface area contributed by atoms with Gasteiger partial charge in [0.2, 0.25) is 0 Å². The van der Waals surface area contributed by atoms with E-state index in [9.17, 15) is 22.8 Å². The van der Waals surface area contributed by atoms with E-state index < -0.39 is 6.36 Å². The van der Waals surface area contributed by atoms with Gasteiger partial charge in [-0.15, -0.1) is 13.2 Å². The van der Waals surface area contributed by atoms with Crippen molar-refractivity contribution in [1.82, 2.24) is 4.90 Å². The van der Waals surface area contributed by atoms with Crippen LogP contribution >= 0.6 is 0 Å². The van der Waals surface area contributed by atoms with E-state index in [4.69, 9.17) is 0 Å². The number of anilines is 1. The highest BCUT2D eigenvalue weighted by atomic mass is 19.4. The van der Waals surface area contributed by atoms with Crippen molar-refractivity contribution < 1.29 is 37.3 Å². The molecule has 0 atom stereocenters. The molecule has 1 heterocycles. The molecule has 162 valence electrons. The van der Waals surface area contributed by atoms with Crippen molar-refractivity contribution in [2.24, 2.45) is 0 Å². The van der Waals surface area contributed by atoms with Crippen molar-refractivity contribution in [2.75, 3.05) is 51.6 Å². The van der Waals surface area contributed by atoms with Gasteiger partial charge in [0.05, 0.1) is 0 Å². The minimum atomic E-state index is -4.74. The molecule has 10 heteroatoms. The van der Waals surface area contributed by atoms with Crippen LogP contribution < -0.4 is 19.9 Å². The summed E-state index contributed by atoms with van der Waals surface area (Å²) in [5.74, 6) is -0.421. The minimum Gasteiger partial charge on any atom is -0.406 e. The van der Waals surface area contributed by atoms with Crippen molar-refractivity contribution in [1.29, 1.82) is 0 Å². The van der Waals surface area contributed by atoms with Crippen molar-refractivity contribution >= 4 is 17.5 Å². The van der Waals surface area contributed by atoms with Crippen LogP contribution in [0, 0.1) is 0 Å². The zero-order valence-corrected chi connectivity index (χ0v) is 16.9. The Hall–Kier alpha value is -2.33. The summed E-state index contributed by atoms with van der Waals surface area (Å²) in [7, 11) is 1.81. The van der Waals surface area contributed by atoms with Gasteiger partial charge in [-0.3, -0.25) is 9.59 Å². The lowest BCUT2D eigenvalue weighted by Crippen LogP contribution is -3.28. The van der Waals surface area contributed by atoms with Crippen LogP contribution in [0.15, 0.2) is 24.3 Å². The van der Waals surface area contributed by atoms with E-state index >= 15 is 0 Å². The summed E-state index contributed by atoms with van der Waals surface area (Å²) >= 11 is 0. The molecule has 1 aromatic rings. The Morgan fingerprint density at radius 2 is 1.59 bits per heavy atom. The summed E-state index contributed by atoms with van der Waals surface area (Å²) in [5, 5.41) is 2.69. The van der Waals surface area contributed by atoms with E-state index in [1.165, 1.54) is 17.0 Å². The zero-order chi connectivity index (χ0) is 21.6. The fourth-order valence-corrected chi connectivity index (χ4v) is 3.11. The molecule has 0 saturated carbocycles. The second-order valence-electron chi connectivity index (χ2n) is 7.57. The van der Waals surface area contributed by atoms with Crippen LogP contribution in [-0.2, 0) is 9.59 Å². The van der Waals surface area contributed by atoms with E-state index in [-0.39, 0.29) is 30.2 Å². The van der Waals surface area contributed by atoms with Crippen LogP contribution in [0.25, 0.3) is 0 Å². The molecular weight excluding hydrogens is 389 g/mol. The molecule has 0 bridgehead atoms. The summed E-state index contributed by atoms with van der Waals surface area (Å²) in [6.07, 6.45) is -4.74. The number of likely N-dealkylation sites (N-methyl/N-ethyl adjacent to an activating group) is 1. The van der Waals surface area contributed by atoms with Gasteiger partial charge in [-0.1, -0.05) is 0 Å². The third-order valence-electron chi connectivity index (χ3n) is 5.02. The maximum Gasteiger partial charge on any atom is 0.573 e. The number of piperazine rings is 1.